The van der Waals surface area contributed by atoms with Gasteiger partial charge in [0.25, 0.3) is 5.91 Å². The molecule has 2 aromatic rings. The number of rotatable bonds is 3. The van der Waals surface area contributed by atoms with Crippen molar-refractivity contribution in [2.45, 2.75) is 12.8 Å². The number of anilines is 2. The lowest BCUT2D eigenvalue weighted by atomic mass is 9.97. The predicted molar refractivity (Wildman–Crippen MR) is 84.2 cm³/mol. The van der Waals surface area contributed by atoms with Crippen molar-refractivity contribution in [3.63, 3.8) is 0 Å². The summed E-state index contributed by atoms with van der Waals surface area (Å²) in [5, 5.41) is 6.28. The summed E-state index contributed by atoms with van der Waals surface area (Å²) >= 11 is 0. The minimum atomic E-state index is -0.0798. The topological polar surface area (TPSA) is 50.4 Å². The van der Waals surface area contributed by atoms with Crippen LogP contribution in [0.5, 0.6) is 5.75 Å². The highest BCUT2D eigenvalue weighted by Gasteiger charge is 2.17. The van der Waals surface area contributed by atoms with Crippen molar-refractivity contribution in [1.29, 1.82) is 0 Å². The van der Waals surface area contributed by atoms with Gasteiger partial charge in [-0.1, -0.05) is 12.1 Å². The van der Waals surface area contributed by atoms with Crippen LogP contribution >= 0.6 is 0 Å². The van der Waals surface area contributed by atoms with Gasteiger partial charge < -0.3 is 15.4 Å². The number of hydrogen-bond acceptors (Lipinski definition) is 3. The number of methoxy groups -OCH3 is 1. The minimum Gasteiger partial charge on any atom is -0.497 e. The van der Waals surface area contributed by atoms with Crippen LogP contribution in [0.2, 0.25) is 0 Å². The second kappa shape index (κ2) is 5.87. The number of nitrogens with one attached hydrogen (secondary N) is 2. The van der Waals surface area contributed by atoms with Gasteiger partial charge in [0.2, 0.25) is 0 Å². The number of ether oxygens (including phenoxy) is 1. The summed E-state index contributed by atoms with van der Waals surface area (Å²) in [6.07, 6.45) is 1.99. The van der Waals surface area contributed by atoms with Crippen molar-refractivity contribution in [2.75, 3.05) is 24.3 Å². The molecule has 0 saturated carbocycles. The SMILES string of the molecule is COc1cccc(NC(=O)c2cccc3c2CCCN3)c1. The van der Waals surface area contributed by atoms with Crippen molar-refractivity contribution in [1.82, 2.24) is 0 Å². The normalized spacial score (nSPS) is 13.0. The molecule has 0 atom stereocenters. The zero-order valence-corrected chi connectivity index (χ0v) is 12.0. The third kappa shape index (κ3) is 2.84. The molecule has 1 aliphatic rings. The van der Waals surface area contributed by atoms with E-state index in [1.165, 1.54) is 0 Å². The van der Waals surface area contributed by atoms with Gasteiger partial charge in [0, 0.05) is 29.5 Å². The van der Waals surface area contributed by atoms with Crippen molar-refractivity contribution in [3.05, 3.63) is 53.6 Å². The maximum Gasteiger partial charge on any atom is 0.256 e. The lowest BCUT2D eigenvalue weighted by Gasteiger charge is -2.20. The van der Waals surface area contributed by atoms with Gasteiger partial charge in [-0.15, -0.1) is 0 Å². The van der Waals surface area contributed by atoms with Crippen LogP contribution in [0, 0.1) is 0 Å². The monoisotopic (exact) mass is 282 g/mol. The summed E-state index contributed by atoms with van der Waals surface area (Å²) in [7, 11) is 1.61. The van der Waals surface area contributed by atoms with Gasteiger partial charge >= 0.3 is 0 Å². The molecular formula is C17H18N2O2. The van der Waals surface area contributed by atoms with Gasteiger partial charge in [-0.2, -0.15) is 0 Å². The number of hydrogen-bond donors (Lipinski definition) is 2. The van der Waals surface area contributed by atoms with Crippen LogP contribution in [0.4, 0.5) is 11.4 Å². The number of fused-ring (bicyclic) bond motifs is 1. The Morgan fingerprint density at radius 2 is 2.10 bits per heavy atom. The van der Waals surface area contributed by atoms with Crippen LogP contribution in [-0.4, -0.2) is 19.6 Å². The highest BCUT2D eigenvalue weighted by atomic mass is 16.5. The number of amides is 1. The average Bonchev–Trinajstić information content (AvgIpc) is 2.54. The first-order valence-corrected chi connectivity index (χ1v) is 7.09. The average molecular weight is 282 g/mol. The first-order chi connectivity index (χ1) is 10.3. The van der Waals surface area contributed by atoms with Gasteiger partial charge in [0.15, 0.2) is 0 Å². The molecular weight excluding hydrogens is 264 g/mol. The summed E-state index contributed by atoms with van der Waals surface area (Å²) in [6.45, 7) is 0.966. The van der Waals surface area contributed by atoms with Crippen LogP contribution < -0.4 is 15.4 Å². The Kier molecular flexibility index (Phi) is 3.77. The molecule has 0 unspecified atom stereocenters. The molecule has 1 aliphatic heterocycles. The van der Waals surface area contributed by atoms with Crippen molar-refractivity contribution in [3.8, 4) is 5.75 Å². The van der Waals surface area contributed by atoms with Crippen molar-refractivity contribution in [2.24, 2.45) is 0 Å². The van der Waals surface area contributed by atoms with E-state index in [-0.39, 0.29) is 5.91 Å². The Morgan fingerprint density at radius 3 is 2.95 bits per heavy atom. The van der Waals surface area contributed by atoms with E-state index in [4.69, 9.17) is 4.74 Å². The number of carbonyl (C=O) groups is 1. The second-order valence-electron chi connectivity index (χ2n) is 5.05. The summed E-state index contributed by atoms with van der Waals surface area (Å²) in [4.78, 5) is 12.5. The summed E-state index contributed by atoms with van der Waals surface area (Å²) < 4.78 is 5.17. The first kappa shape index (κ1) is 13.5. The maximum atomic E-state index is 12.5. The molecule has 1 heterocycles. The van der Waals surface area contributed by atoms with Gasteiger partial charge in [0.1, 0.15) is 5.75 Å². The molecule has 0 aliphatic carbocycles. The summed E-state index contributed by atoms with van der Waals surface area (Å²) in [5.74, 6) is 0.647. The molecule has 4 nitrogen and oxygen atoms in total. The lowest BCUT2D eigenvalue weighted by Crippen LogP contribution is -2.19. The fourth-order valence-electron chi connectivity index (χ4n) is 2.62. The Morgan fingerprint density at radius 1 is 1.24 bits per heavy atom. The smallest absolute Gasteiger partial charge is 0.256 e. The van der Waals surface area contributed by atoms with Gasteiger partial charge in [-0.25, -0.2) is 0 Å². The highest BCUT2D eigenvalue weighted by molar-refractivity contribution is 6.06. The third-order valence-electron chi connectivity index (χ3n) is 3.67. The maximum absolute atomic E-state index is 12.5. The summed E-state index contributed by atoms with van der Waals surface area (Å²) in [6, 6.07) is 13.2. The molecule has 21 heavy (non-hydrogen) atoms. The largest absolute Gasteiger partial charge is 0.497 e. The lowest BCUT2D eigenvalue weighted by molar-refractivity contribution is 0.102. The molecule has 1 amide bonds. The van der Waals surface area contributed by atoms with E-state index in [1.54, 1.807) is 7.11 Å². The van der Waals surface area contributed by atoms with Crippen LogP contribution in [0.1, 0.15) is 22.3 Å². The van der Waals surface area contributed by atoms with Crippen LogP contribution in [0.15, 0.2) is 42.5 Å². The molecule has 0 spiro atoms. The standard InChI is InChI=1S/C17H18N2O2/c1-21-13-6-2-5-12(11-13)19-17(20)15-7-3-9-16-14(15)8-4-10-18-16/h2-3,5-7,9,11,18H,4,8,10H2,1H3,(H,19,20). The minimum absolute atomic E-state index is 0.0798. The van der Waals surface area contributed by atoms with E-state index >= 15 is 0 Å². The molecule has 2 N–H and O–H groups in total. The molecule has 0 fully saturated rings. The molecule has 0 radical (unpaired) electrons. The fourth-order valence-corrected chi connectivity index (χ4v) is 2.62. The Balaban J connectivity index is 1.85. The van der Waals surface area contributed by atoms with Crippen LogP contribution in [0.3, 0.4) is 0 Å². The summed E-state index contributed by atoms with van der Waals surface area (Å²) in [5.41, 5.74) is 3.65. The molecule has 0 saturated heterocycles. The van der Waals surface area contributed by atoms with Crippen molar-refractivity contribution < 1.29 is 9.53 Å². The van der Waals surface area contributed by atoms with E-state index in [2.05, 4.69) is 10.6 Å². The zero-order valence-electron chi connectivity index (χ0n) is 12.0. The predicted octanol–water partition coefficient (Wildman–Crippen LogP) is 3.31. The van der Waals surface area contributed by atoms with E-state index < -0.39 is 0 Å². The number of carbonyl (C=O) groups excluding carboxylic acids is 1. The molecule has 0 aromatic heterocycles. The highest BCUT2D eigenvalue weighted by Crippen LogP contribution is 2.26. The number of benzene rings is 2. The zero-order chi connectivity index (χ0) is 14.7. The Hall–Kier alpha value is -2.49. The van der Waals surface area contributed by atoms with E-state index in [0.717, 1.165) is 47.6 Å². The molecule has 0 bridgehead atoms. The van der Waals surface area contributed by atoms with Gasteiger partial charge in [-0.3, -0.25) is 4.79 Å². The first-order valence-electron chi connectivity index (χ1n) is 7.09. The second-order valence-corrected chi connectivity index (χ2v) is 5.05. The third-order valence-corrected chi connectivity index (χ3v) is 3.67. The van der Waals surface area contributed by atoms with E-state index in [9.17, 15) is 4.79 Å². The van der Waals surface area contributed by atoms with Gasteiger partial charge in [-0.05, 0) is 42.7 Å². The van der Waals surface area contributed by atoms with Crippen molar-refractivity contribution >= 4 is 17.3 Å². The Bertz CT molecular complexity index is 668. The van der Waals surface area contributed by atoms with E-state index in [1.807, 2.05) is 42.5 Å². The fraction of sp³-hybridized carbons (Fsp3) is 0.235. The molecule has 3 rings (SSSR count). The van der Waals surface area contributed by atoms with Crippen LogP contribution in [0.25, 0.3) is 0 Å². The molecule has 2 aromatic carbocycles. The Labute approximate surface area is 124 Å². The molecule has 108 valence electrons. The van der Waals surface area contributed by atoms with Gasteiger partial charge in [0.05, 0.1) is 7.11 Å². The molecule has 4 heteroatoms. The van der Waals surface area contributed by atoms with E-state index in [0.29, 0.717) is 0 Å². The quantitative estimate of drug-likeness (QED) is 0.908. The van der Waals surface area contributed by atoms with Crippen LogP contribution in [-0.2, 0) is 6.42 Å².